The summed E-state index contributed by atoms with van der Waals surface area (Å²) in [6, 6.07) is 0. The average molecular weight is 255 g/mol. The molecule has 18 heavy (non-hydrogen) atoms. The molecule has 0 unspecified atom stereocenters. The average Bonchev–Trinajstić information content (AvgIpc) is 2.63. The molecule has 2 amide bonds. The maximum Gasteiger partial charge on any atom is 0.223 e. The van der Waals surface area contributed by atoms with Gasteiger partial charge in [0.2, 0.25) is 11.8 Å². The van der Waals surface area contributed by atoms with Gasteiger partial charge in [0.25, 0.3) is 0 Å². The van der Waals surface area contributed by atoms with Crippen molar-refractivity contribution >= 4 is 11.8 Å². The number of rotatable bonds is 5. The molecule has 0 aromatic heterocycles. The number of hydrogen-bond donors (Lipinski definition) is 1. The van der Waals surface area contributed by atoms with E-state index in [1.165, 1.54) is 0 Å². The zero-order valence-electron chi connectivity index (χ0n) is 11.6. The Kier molecular flexibility index (Phi) is 6.72. The summed E-state index contributed by atoms with van der Waals surface area (Å²) >= 11 is 0. The van der Waals surface area contributed by atoms with E-state index in [0.29, 0.717) is 25.9 Å². The highest BCUT2D eigenvalue weighted by atomic mass is 16.2. The number of amides is 2. The third kappa shape index (κ3) is 4.64. The molecule has 0 radical (unpaired) electrons. The topological polar surface area (TPSA) is 52.7 Å². The van der Waals surface area contributed by atoms with Crippen LogP contribution in [0.15, 0.2) is 0 Å². The first-order chi connectivity index (χ1) is 8.69. The van der Waals surface area contributed by atoms with E-state index < -0.39 is 0 Å². The van der Waals surface area contributed by atoms with Crippen LogP contribution >= 0.6 is 0 Å². The van der Waals surface area contributed by atoms with E-state index in [9.17, 15) is 9.59 Å². The first-order valence-electron chi connectivity index (χ1n) is 6.95. The van der Waals surface area contributed by atoms with Crippen LogP contribution in [0.5, 0.6) is 0 Å². The van der Waals surface area contributed by atoms with Gasteiger partial charge in [0.15, 0.2) is 0 Å². The van der Waals surface area contributed by atoms with Crippen molar-refractivity contribution in [1.29, 1.82) is 0 Å². The van der Waals surface area contributed by atoms with Crippen molar-refractivity contribution in [3.05, 3.63) is 0 Å². The maximum absolute atomic E-state index is 12.0. The Balaban J connectivity index is 2.36. The van der Waals surface area contributed by atoms with E-state index in [4.69, 9.17) is 0 Å². The Morgan fingerprint density at radius 1 is 1.00 bits per heavy atom. The molecule has 5 nitrogen and oxygen atoms in total. The maximum atomic E-state index is 12.0. The van der Waals surface area contributed by atoms with Crippen molar-refractivity contribution < 1.29 is 9.59 Å². The molecule has 1 N–H and O–H groups in total. The van der Waals surface area contributed by atoms with Gasteiger partial charge in [-0.1, -0.05) is 13.8 Å². The lowest BCUT2D eigenvalue weighted by Crippen LogP contribution is -2.38. The summed E-state index contributed by atoms with van der Waals surface area (Å²) in [5.74, 6) is 0.388. The van der Waals surface area contributed by atoms with Crippen molar-refractivity contribution in [2.45, 2.75) is 33.1 Å². The zero-order valence-corrected chi connectivity index (χ0v) is 11.6. The first kappa shape index (κ1) is 15.0. The number of nitrogens with one attached hydrogen (secondary N) is 1. The number of carbonyl (C=O) groups is 2. The van der Waals surface area contributed by atoms with E-state index in [-0.39, 0.29) is 11.8 Å². The van der Waals surface area contributed by atoms with Gasteiger partial charge < -0.3 is 15.1 Å². The minimum atomic E-state index is 0.192. The number of carbonyl (C=O) groups excluding carboxylic acids is 2. The molecule has 0 bridgehead atoms. The molecular formula is C13H25N3O2. The monoisotopic (exact) mass is 255 g/mol. The van der Waals surface area contributed by atoms with Gasteiger partial charge in [-0.3, -0.25) is 9.59 Å². The van der Waals surface area contributed by atoms with Crippen molar-refractivity contribution in [3.8, 4) is 0 Å². The molecule has 1 aliphatic heterocycles. The molecule has 0 aliphatic carbocycles. The second kappa shape index (κ2) is 8.08. The van der Waals surface area contributed by atoms with Gasteiger partial charge in [0, 0.05) is 45.6 Å². The van der Waals surface area contributed by atoms with Gasteiger partial charge >= 0.3 is 0 Å². The third-order valence-corrected chi connectivity index (χ3v) is 3.27. The van der Waals surface area contributed by atoms with Crippen LogP contribution in [0, 0.1) is 0 Å². The summed E-state index contributed by atoms with van der Waals surface area (Å²) < 4.78 is 0. The van der Waals surface area contributed by atoms with E-state index in [2.05, 4.69) is 5.32 Å². The smallest absolute Gasteiger partial charge is 0.223 e. The summed E-state index contributed by atoms with van der Waals surface area (Å²) in [7, 11) is 0. The second-order valence-electron chi connectivity index (χ2n) is 4.57. The minimum Gasteiger partial charge on any atom is -0.341 e. The molecule has 0 saturated carbocycles. The van der Waals surface area contributed by atoms with Gasteiger partial charge in [-0.05, 0) is 13.0 Å². The van der Waals surface area contributed by atoms with E-state index in [0.717, 1.165) is 32.6 Å². The molecule has 104 valence electrons. The van der Waals surface area contributed by atoms with Crippen LogP contribution < -0.4 is 5.32 Å². The summed E-state index contributed by atoms with van der Waals surface area (Å²) in [6.45, 7) is 8.46. The zero-order chi connectivity index (χ0) is 13.4. The number of hydrogen-bond acceptors (Lipinski definition) is 3. The summed E-state index contributed by atoms with van der Waals surface area (Å²) in [5.41, 5.74) is 0. The number of nitrogens with zero attached hydrogens (tertiary/aromatic N) is 2. The molecule has 0 aromatic carbocycles. The van der Waals surface area contributed by atoms with Gasteiger partial charge in [-0.2, -0.15) is 0 Å². The van der Waals surface area contributed by atoms with Crippen LogP contribution in [0.1, 0.15) is 33.1 Å². The Hall–Kier alpha value is -1.10. The highest BCUT2D eigenvalue weighted by Gasteiger charge is 2.20. The highest BCUT2D eigenvalue weighted by Crippen LogP contribution is 2.06. The predicted octanol–water partition coefficient (Wildman–Crippen LogP) is 0.457. The van der Waals surface area contributed by atoms with E-state index >= 15 is 0 Å². The summed E-state index contributed by atoms with van der Waals surface area (Å²) in [4.78, 5) is 27.3. The van der Waals surface area contributed by atoms with Crippen molar-refractivity contribution in [3.63, 3.8) is 0 Å². The van der Waals surface area contributed by atoms with Crippen LogP contribution in [0.25, 0.3) is 0 Å². The molecule has 0 spiro atoms. The van der Waals surface area contributed by atoms with Crippen LogP contribution in [0.4, 0.5) is 0 Å². The Morgan fingerprint density at radius 3 is 2.17 bits per heavy atom. The molecule has 0 atom stereocenters. The second-order valence-corrected chi connectivity index (χ2v) is 4.57. The molecule has 1 fully saturated rings. The lowest BCUT2D eigenvalue weighted by Gasteiger charge is -2.22. The van der Waals surface area contributed by atoms with Crippen LogP contribution in [0.3, 0.4) is 0 Å². The van der Waals surface area contributed by atoms with Crippen LogP contribution in [0.2, 0.25) is 0 Å². The Morgan fingerprint density at radius 2 is 1.61 bits per heavy atom. The largest absolute Gasteiger partial charge is 0.341 e. The fourth-order valence-corrected chi connectivity index (χ4v) is 2.17. The summed E-state index contributed by atoms with van der Waals surface area (Å²) in [6.07, 6.45) is 1.99. The van der Waals surface area contributed by atoms with E-state index in [1.54, 1.807) is 0 Å². The molecule has 0 aromatic rings. The normalized spacial score (nSPS) is 16.6. The van der Waals surface area contributed by atoms with Crippen molar-refractivity contribution in [1.82, 2.24) is 15.1 Å². The fraction of sp³-hybridized carbons (Fsp3) is 0.846. The van der Waals surface area contributed by atoms with Gasteiger partial charge in [0.1, 0.15) is 0 Å². The van der Waals surface area contributed by atoms with Gasteiger partial charge in [-0.15, -0.1) is 0 Å². The fourth-order valence-electron chi connectivity index (χ4n) is 2.17. The molecular weight excluding hydrogens is 230 g/mol. The lowest BCUT2D eigenvalue weighted by molar-refractivity contribution is -0.133. The minimum absolute atomic E-state index is 0.192. The molecule has 1 rings (SSSR count). The van der Waals surface area contributed by atoms with Crippen molar-refractivity contribution in [2.75, 3.05) is 39.3 Å². The van der Waals surface area contributed by atoms with Crippen molar-refractivity contribution in [2.24, 2.45) is 0 Å². The lowest BCUT2D eigenvalue weighted by atomic mass is 10.3. The quantitative estimate of drug-likeness (QED) is 0.726. The SMILES string of the molecule is CCNCCC(=O)N1CCCN(C(=O)CC)CC1. The Bertz CT molecular complexity index is 281. The van der Waals surface area contributed by atoms with E-state index in [1.807, 2.05) is 23.6 Å². The standard InChI is InChI=1S/C13H25N3O2/c1-3-12(17)15-8-5-9-16(11-10-15)13(18)6-7-14-4-2/h14H,3-11H2,1-2H3. The summed E-state index contributed by atoms with van der Waals surface area (Å²) in [5, 5.41) is 3.16. The molecule has 5 heteroatoms. The molecule has 1 aliphatic rings. The first-order valence-corrected chi connectivity index (χ1v) is 6.95. The van der Waals surface area contributed by atoms with Gasteiger partial charge in [-0.25, -0.2) is 0 Å². The van der Waals surface area contributed by atoms with Gasteiger partial charge in [0.05, 0.1) is 0 Å². The third-order valence-electron chi connectivity index (χ3n) is 3.27. The van der Waals surface area contributed by atoms with Crippen LogP contribution in [-0.4, -0.2) is 60.9 Å². The highest BCUT2D eigenvalue weighted by molar-refractivity contribution is 5.77. The molecule has 1 heterocycles. The predicted molar refractivity (Wildman–Crippen MR) is 71.2 cm³/mol. The Labute approximate surface area is 110 Å². The van der Waals surface area contributed by atoms with Crippen LogP contribution in [-0.2, 0) is 9.59 Å². The molecule has 1 saturated heterocycles.